The van der Waals surface area contributed by atoms with Crippen molar-refractivity contribution in [3.05, 3.63) is 60.2 Å². The molecular formula is C15H17N5O. The third kappa shape index (κ3) is 2.57. The minimum Gasteiger partial charge on any atom is -0.380 e. The van der Waals surface area contributed by atoms with Crippen LogP contribution in [0.3, 0.4) is 0 Å². The van der Waals surface area contributed by atoms with Crippen LogP contribution in [-0.2, 0) is 6.54 Å². The monoisotopic (exact) mass is 283 g/mol. The van der Waals surface area contributed by atoms with Gasteiger partial charge < -0.3 is 5.11 Å². The lowest BCUT2D eigenvalue weighted by Gasteiger charge is -2.14. The zero-order chi connectivity index (χ0) is 14.7. The van der Waals surface area contributed by atoms with Gasteiger partial charge in [0.1, 0.15) is 6.10 Å². The second-order valence-corrected chi connectivity index (χ2v) is 4.79. The summed E-state index contributed by atoms with van der Waals surface area (Å²) in [7, 11) is 0. The summed E-state index contributed by atoms with van der Waals surface area (Å²) in [6.07, 6.45) is 3.43. The van der Waals surface area contributed by atoms with Crippen LogP contribution < -0.4 is 0 Å². The minimum atomic E-state index is -0.811. The van der Waals surface area contributed by atoms with Crippen LogP contribution in [0.5, 0.6) is 0 Å². The van der Waals surface area contributed by atoms with E-state index in [1.54, 1.807) is 17.1 Å². The Bertz CT molecular complexity index is 704. The summed E-state index contributed by atoms with van der Waals surface area (Å²) in [6, 6.07) is 11.5. The number of aromatic nitrogens is 5. The van der Waals surface area contributed by atoms with E-state index in [1.807, 2.05) is 41.1 Å². The molecule has 0 saturated carbocycles. The highest BCUT2D eigenvalue weighted by Gasteiger charge is 2.20. The molecule has 1 atom stereocenters. The van der Waals surface area contributed by atoms with Gasteiger partial charge in [0.05, 0.1) is 23.3 Å². The van der Waals surface area contributed by atoms with Crippen molar-refractivity contribution in [3.63, 3.8) is 0 Å². The van der Waals surface area contributed by atoms with E-state index in [0.29, 0.717) is 5.69 Å². The fourth-order valence-corrected chi connectivity index (χ4v) is 2.32. The predicted octanol–water partition coefficient (Wildman–Crippen LogP) is 1.96. The van der Waals surface area contributed by atoms with Gasteiger partial charge in [0.15, 0.2) is 0 Å². The Morgan fingerprint density at radius 2 is 1.95 bits per heavy atom. The molecule has 1 N–H and O–H groups in total. The molecule has 0 saturated heterocycles. The van der Waals surface area contributed by atoms with Crippen molar-refractivity contribution >= 4 is 0 Å². The fourth-order valence-electron chi connectivity index (χ4n) is 2.32. The molecule has 21 heavy (non-hydrogen) atoms. The quantitative estimate of drug-likeness (QED) is 0.777. The van der Waals surface area contributed by atoms with Gasteiger partial charge in [-0.15, -0.1) is 5.10 Å². The van der Waals surface area contributed by atoms with Crippen LogP contribution in [0, 0.1) is 0 Å². The number of benzene rings is 1. The van der Waals surface area contributed by atoms with Crippen LogP contribution in [0.2, 0.25) is 0 Å². The molecule has 6 nitrogen and oxygen atoms in total. The van der Waals surface area contributed by atoms with Crippen molar-refractivity contribution in [1.29, 1.82) is 0 Å². The van der Waals surface area contributed by atoms with Crippen molar-refractivity contribution in [2.24, 2.45) is 0 Å². The Labute approximate surface area is 122 Å². The Hall–Kier alpha value is -2.47. The topological polar surface area (TPSA) is 68.8 Å². The molecule has 2 aromatic heterocycles. The standard InChI is InChI=1S/C15H17N5O/c1-2-10-19-13(8-9-17-19)15(21)14-11-16-18-20(14)12-6-4-3-5-7-12/h3-9,11,15,21H,2,10H2,1H3. The number of aliphatic hydroxyl groups is 1. The van der Waals surface area contributed by atoms with E-state index in [0.717, 1.165) is 24.3 Å². The average Bonchev–Trinajstić information content (AvgIpc) is 3.17. The van der Waals surface area contributed by atoms with Gasteiger partial charge in [0, 0.05) is 12.7 Å². The summed E-state index contributed by atoms with van der Waals surface area (Å²) in [5, 5.41) is 22.9. The highest BCUT2D eigenvalue weighted by atomic mass is 16.3. The lowest BCUT2D eigenvalue weighted by atomic mass is 10.2. The Morgan fingerprint density at radius 1 is 1.14 bits per heavy atom. The van der Waals surface area contributed by atoms with Crippen LogP contribution in [0.4, 0.5) is 0 Å². The maximum absolute atomic E-state index is 10.7. The van der Waals surface area contributed by atoms with Gasteiger partial charge in [-0.2, -0.15) is 5.10 Å². The Morgan fingerprint density at radius 3 is 2.71 bits per heavy atom. The summed E-state index contributed by atoms with van der Waals surface area (Å²) in [6.45, 7) is 2.85. The smallest absolute Gasteiger partial charge is 0.139 e. The second kappa shape index (κ2) is 5.88. The van der Waals surface area contributed by atoms with E-state index in [1.165, 1.54) is 0 Å². The van der Waals surface area contributed by atoms with Gasteiger partial charge in [0.25, 0.3) is 0 Å². The van der Waals surface area contributed by atoms with E-state index in [9.17, 15) is 5.11 Å². The molecule has 0 aliphatic carbocycles. The van der Waals surface area contributed by atoms with E-state index >= 15 is 0 Å². The number of aryl methyl sites for hydroxylation is 1. The number of hydrogen-bond acceptors (Lipinski definition) is 4. The minimum absolute atomic E-state index is 0.624. The third-order valence-electron chi connectivity index (χ3n) is 3.32. The maximum Gasteiger partial charge on any atom is 0.139 e. The molecule has 0 radical (unpaired) electrons. The molecule has 0 spiro atoms. The van der Waals surface area contributed by atoms with Gasteiger partial charge in [0.2, 0.25) is 0 Å². The number of para-hydroxylation sites is 1. The molecule has 6 heteroatoms. The third-order valence-corrected chi connectivity index (χ3v) is 3.32. The van der Waals surface area contributed by atoms with E-state index < -0.39 is 6.10 Å². The molecule has 1 aromatic carbocycles. The number of rotatable bonds is 5. The SMILES string of the molecule is CCCn1nccc1C(O)c1cnnn1-c1ccccc1. The van der Waals surface area contributed by atoms with Crippen molar-refractivity contribution in [2.45, 2.75) is 26.0 Å². The van der Waals surface area contributed by atoms with Crippen molar-refractivity contribution in [2.75, 3.05) is 0 Å². The maximum atomic E-state index is 10.7. The molecule has 3 aromatic rings. The molecule has 0 aliphatic rings. The fraction of sp³-hybridized carbons (Fsp3) is 0.267. The number of hydrogen-bond donors (Lipinski definition) is 1. The lowest BCUT2D eigenvalue weighted by molar-refractivity contribution is 0.199. The lowest BCUT2D eigenvalue weighted by Crippen LogP contribution is -2.13. The molecule has 0 aliphatic heterocycles. The van der Waals surface area contributed by atoms with Crippen molar-refractivity contribution in [1.82, 2.24) is 24.8 Å². The van der Waals surface area contributed by atoms with Gasteiger partial charge in [-0.05, 0) is 24.6 Å². The van der Waals surface area contributed by atoms with Crippen LogP contribution in [-0.4, -0.2) is 29.9 Å². The van der Waals surface area contributed by atoms with Crippen molar-refractivity contribution < 1.29 is 5.11 Å². The van der Waals surface area contributed by atoms with Gasteiger partial charge in [-0.3, -0.25) is 4.68 Å². The molecule has 108 valence electrons. The highest BCUT2D eigenvalue weighted by molar-refractivity contribution is 5.33. The first-order valence-electron chi connectivity index (χ1n) is 6.97. The molecule has 1 unspecified atom stereocenters. The summed E-state index contributed by atoms with van der Waals surface area (Å²) in [5.74, 6) is 0. The van der Waals surface area contributed by atoms with Gasteiger partial charge in [-0.1, -0.05) is 30.3 Å². The molecule has 0 fully saturated rings. The first kappa shape index (κ1) is 13.5. The number of aliphatic hydroxyl groups excluding tert-OH is 1. The molecule has 0 bridgehead atoms. The first-order valence-corrected chi connectivity index (χ1v) is 6.97. The predicted molar refractivity (Wildman–Crippen MR) is 77.9 cm³/mol. The molecule has 3 rings (SSSR count). The normalized spacial score (nSPS) is 12.5. The summed E-state index contributed by atoms with van der Waals surface area (Å²) < 4.78 is 3.46. The Kier molecular flexibility index (Phi) is 3.79. The van der Waals surface area contributed by atoms with Gasteiger partial charge in [-0.25, -0.2) is 4.68 Å². The second-order valence-electron chi connectivity index (χ2n) is 4.79. The Balaban J connectivity index is 1.98. The zero-order valence-corrected chi connectivity index (χ0v) is 11.8. The summed E-state index contributed by atoms with van der Waals surface area (Å²) in [4.78, 5) is 0. The number of nitrogens with zero attached hydrogens (tertiary/aromatic N) is 5. The molecule has 2 heterocycles. The molecule has 0 amide bonds. The van der Waals surface area contributed by atoms with E-state index in [-0.39, 0.29) is 0 Å². The van der Waals surface area contributed by atoms with Crippen LogP contribution in [0.15, 0.2) is 48.8 Å². The van der Waals surface area contributed by atoms with Crippen LogP contribution in [0.25, 0.3) is 5.69 Å². The summed E-state index contributed by atoms with van der Waals surface area (Å²) >= 11 is 0. The average molecular weight is 283 g/mol. The van der Waals surface area contributed by atoms with E-state index in [2.05, 4.69) is 22.3 Å². The molecular weight excluding hydrogens is 266 g/mol. The first-order chi connectivity index (χ1) is 10.3. The highest BCUT2D eigenvalue weighted by Crippen LogP contribution is 2.23. The largest absolute Gasteiger partial charge is 0.380 e. The zero-order valence-electron chi connectivity index (χ0n) is 11.8. The van der Waals surface area contributed by atoms with Crippen LogP contribution >= 0.6 is 0 Å². The van der Waals surface area contributed by atoms with Crippen LogP contribution in [0.1, 0.15) is 30.8 Å². The van der Waals surface area contributed by atoms with Crippen molar-refractivity contribution in [3.8, 4) is 5.69 Å². The van der Waals surface area contributed by atoms with Gasteiger partial charge >= 0.3 is 0 Å². The van der Waals surface area contributed by atoms with E-state index in [4.69, 9.17) is 0 Å². The summed E-state index contributed by atoms with van der Waals surface area (Å²) in [5.41, 5.74) is 2.24.